The third-order valence-electron chi connectivity index (χ3n) is 5.55. The van der Waals surface area contributed by atoms with Crippen molar-refractivity contribution in [1.29, 1.82) is 0 Å². The summed E-state index contributed by atoms with van der Waals surface area (Å²) in [6, 6.07) is 14.5. The van der Waals surface area contributed by atoms with Crippen LogP contribution < -0.4 is 14.4 Å². The average molecular weight is 447 g/mol. The number of hydrogen-bond donors (Lipinski definition) is 1. The lowest BCUT2D eigenvalue weighted by Crippen LogP contribution is -2.29. The van der Waals surface area contributed by atoms with Gasteiger partial charge in [0.25, 0.3) is 11.7 Å². The van der Waals surface area contributed by atoms with Crippen LogP contribution in [0, 0.1) is 13.8 Å². The lowest BCUT2D eigenvalue weighted by atomic mass is 9.98. The van der Waals surface area contributed by atoms with Gasteiger partial charge in [-0.25, -0.2) is 0 Å². The Bertz CT molecular complexity index is 1260. The minimum Gasteiger partial charge on any atom is -0.507 e. The number of aliphatic hydroxyl groups excluding tert-OH is 1. The molecule has 33 heavy (non-hydrogen) atoms. The summed E-state index contributed by atoms with van der Waals surface area (Å²) >= 11 is 0. The number of methoxy groups -OCH3 is 1. The third kappa shape index (κ3) is 3.98. The average Bonchev–Trinajstić information content (AvgIpc) is 3.34. The van der Waals surface area contributed by atoms with Crippen LogP contribution in [0.3, 0.4) is 0 Å². The first-order chi connectivity index (χ1) is 15.8. The van der Waals surface area contributed by atoms with E-state index in [-0.39, 0.29) is 11.3 Å². The highest BCUT2D eigenvalue weighted by atomic mass is 16.5. The smallest absolute Gasteiger partial charge is 0.300 e. The molecule has 1 fully saturated rings. The molecular formula is C26H25NO6. The summed E-state index contributed by atoms with van der Waals surface area (Å²) in [6.45, 7) is 5.93. The van der Waals surface area contributed by atoms with E-state index in [4.69, 9.17) is 13.9 Å². The minimum atomic E-state index is -0.932. The standard InChI is InChI=1S/C26H25NO6/c1-5-32-19-8-6-7-18(14-19)27-23(21-11-9-16(3)33-21)22(25(29)26(27)30)24(28)17-10-12-20(31-4)15(2)13-17/h6-14,23,28H,5H2,1-4H3/b24-22-. The molecule has 2 heterocycles. The fourth-order valence-corrected chi connectivity index (χ4v) is 4.04. The van der Waals surface area contributed by atoms with Crippen LogP contribution in [0.15, 0.2) is 64.6 Å². The normalized spacial score (nSPS) is 17.5. The van der Waals surface area contributed by atoms with Gasteiger partial charge in [-0.15, -0.1) is 0 Å². The Kier molecular flexibility index (Phi) is 5.96. The van der Waals surface area contributed by atoms with Crippen LogP contribution >= 0.6 is 0 Å². The van der Waals surface area contributed by atoms with Crippen molar-refractivity contribution in [2.45, 2.75) is 26.8 Å². The summed E-state index contributed by atoms with van der Waals surface area (Å²) in [4.78, 5) is 27.8. The van der Waals surface area contributed by atoms with Crippen LogP contribution in [-0.2, 0) is 9.59 Å². The molecule has 0 radical (unpaired) electrons. The Labute approximate surface area is 191 Å². The number of carbonyl (C=O) groups is 2. The quantitative estimate of drug-likeness (QED) is 0.327. The van der Waals surface area contributed by atoms with Crippen molar-refractivity contribution in [3.8, 4) is 11.5 Å². The molecular weight excluding hydrogens is 422 g/mol. The highest BCUT2D eigenvalue weighted by Crippen LogP contribution is 2.43. The number of anilines is 1. The number of amides is 1. The molecule has 1 amide bonds. The third-order valence-corrected chi connectivity index (χ3v) is 5.55. The predicted molar refractivity (Wildman–Crippen MR) is 124 cm³/mol. The fraction of sp³-hybridized carbons (Fsp3) is 0.231. The maximum Gasteiger partial charge on any atom is 0.300 e. The molecule has 0 spiro atoms. The van der Waals surface area contributed by atoms with Crippen LogP contribution in [0.4, 0.5) is 5.69 Å². The van der Waals surface area contributed by atoms with Crippen LogP contribution in [0.25, 0.3) is 5.76 Å². The number of furan rings is 1. The SMILES string of the molecule is CCOc1cccc(N2C(=O)C(=O)/C(=C(\O)c3ccc(OC)c(C)c3)C2c2ccc(C)o2)c1. The molecule has 1 atom stereocenters. The van der Waals surface area contributed by atoms with Gasteiger partial charge in [0.15, 0.2) is 0 Å². The molecule has 1 N–H and O–H groups in total. The number of ether oxygens (including phenoxy) is 2. The second-order valence-electron chi connectivity index (χ2n) is 7.73. The van der Waals surface area contributed by atoms with Gasteiger partial charge >= 0.3 is 0 Å². The molecule has 3 aromatic rings. The minimum absolute atomic E-state index is 0.0410. The van der Waals surface area contributed by atoms with E-state index in [1.54, 1.807) is 68.6 Å². The van der Waals surface area contributed by atoms with Gasteiger partial charge < -0.3 is 19.0 Å². The number of benzene rings is 2. The molecule has 4 rings (SSSR count). The van der Waals surface area contributed by atoms with Gasteiger partial charge in [-0.1, -0.05) is 6.07 Å². The monoisotopic (exact) mass is 447 g/mol. The number of rotatable bonds is 6. The molecule has 1 aliphatic heterocycles. The predicted octanol–water partition coefficient (Wildman–Crippen LogP) is 4.93. The molecule has 170 valence electrons. The Morgan fingerprint density at radius 2 is 1.88 bits per heavy atom. The second kappa shape index (κ2) is 8.86. The summed E-state index contributed by atoms with van der Waals surface area (Å²) in [6.07, 6.45) is 0. The van der Waals surface area contributed by atoms with Gasteiger partial charge in [-0.05, 0) is 68.8 Å². The van der Waals surface area contributed by atoms with E-state index >= 15 is 0 Å². The van der Waals surface area contributed by atoms with Gasteiger partial charge in [0, 0.05) is 17.3 Å². The number of aryl methyl sites for hydroxylation is 2. The van der Waals surface area contributed by atoms with E-state index < -0.39 is 17.7 Å². The second-order valence-corrected chi connectivity index (χ2v) is 7.73. The van der Waals surface area contributed by atoms with Crippen molar-refractivity contribution >= 4 is 23.1 Å². The molecule has 0 saturated carbocycles. The fourth-order valence-electron chi connectivity index (χ4n) is 4.04. The zero-order chi connectivity index (χ0) is 23.7. The first-order valence-corrected chi connectivity index (χ1v) is 10.6. The van der Waals surface area contributed by atoms with E-state index in [2.05, 4.69) is 0 Å². The molecule has 1 unspecified atom stereocenters. The Morgan fingerprint density at radius 1 is 1.09 bits per heavy atom. The topological polar surface area (TPSA) is 89.2 Å². The van der Waals surface area contributed by atoms with Gasteiger partial charge in [0.2, 0.25) is 0 Å². The molecule has 1 saturated heterocycles. The molecule has 1 aromatic heterocycles. The molecule has 7 nitrogen and oxygen atoms in total. The van der Waals surface area contributed by atoms with E-state index in [0.29, 0.717) is 40.9 Å². The number of carbonyl (C=O) groups excluding carboxylic acids is 2. The highest BCUT2D eigenvalue weighted by molar-refractivity contribution is 6.51. The molecule has 0 bridgehead atoms. The number of nitrogens with zero attached hydrogens (tertiary/aromatic N) is 1. The molecule has 1 aliphatic rings. The lowest BCUT2D eigenvalue weighted by molar-refractivity contribution is -0.132. The van der Waals surface area contributed by atoms with Crippen molar-refractivity contribution in [1.82, 2.24) is 0 Å². The maximum absolute atomic E-state index is 13.2. The van der Waals surface area contributed by atoms with Gasteiger partial charge in [0.1, 0.15) is 34.8 Å². The molecule has 0 aliphatic carbocycles. The summed E-state index contributed by atoms with van der Waals surface area (Å²) in [7, 11) is 1.56. The number of hydrogen-bond acceptors (Lipinski definition) is 6. The largest absolute Gasteiger partial charge is 0.507 e. The summed E-state index contributed by atoms with van der Waals surface area (Å²) in [5.74, 6) is 0.396. The Balaban J connectivity index is 1.90. The Morgan fingerprint density at radius 3 is 2.52 bits per heavy atom. The number of aliphatic hydroxyl groups is 1. The van der Waals surface area contributed by atoms with E-state index in [1.165, 1.54) is 4.90 Å². The van der Waals surface area contributed by atoms with Crippen molar-refractivity contribution in [2.24, 2.45) is 0 Å². The van der Waals surface area contributed by atoms with E-state index in [9.17, 15) is 14.7 Å². The van der Waals surface area contributed by atoms with Crippen LogP contribution in [0.1, 0.15) is 35.6 Å². The summed E-state index contributed by atoms with van der Waals surface area (Å²) < 4.78 is 16.7. The summed E-state index contributed by atoms with van der Waals surface area (Å²) in [5, 5.41) is 11.2. The van der Waals surface area contributed by atoms with Crippen molar-refractivity contribution in [2.75, 3.05) is 18.6 Å². The highest BCUT2D eigenvalue weighted by Gasteiger charge is 2.48. The summed E-state index contributed by atoms with van der Waals surface area (Å²) in [5.41, 5.74) is 1.61. The van der Waals surface area contributed by atoms with E-state index in [0.717, 1.165) is 5.56 Å². The van der Waals surface area contributed by atoms with Crippen molar-refractivity contribution < 1.29 is 28.6 Å². The number of ketones is 1. The maximum atomic E-state index is 13.2. The van der Waals surface area contributed by atoms with Crippen molar-refractivity contribution in [3.63, 3.8) is 0 Å². The van der Waals surface area contributed by atoms with Crippen LogP contribution in [0.5, 0.6) is 11.5 Å². The van der Waals surface area contributed by atoms with Gasteiger partial charge in [-0.3, -0.25) is 14.5 Å². The van der Waals surface area contributed by atoms with Gasteiger partial charge in [0.05, 0.1) is 19.3 Å². The first-order valence-electron chi connectivity index (χ1n) is 10.6. The lowest BCUT2D eigenvalue weighted by Gasteiger charge is -2.24. The van der Waals surface area contributed by atoms with Gasteiger partial charge in [-0.2, -0.15) is 0 Å². The van der Waals surface area contributed by atoms with Crippen LogP contribution in [-0.4, -0.2) is 30.5 Å². The molecule has 7 heteroatoms. The number of Topliss-reactive ketones (excluding diaryl/α,β-unsaturated/α-hetero) is 1. The zero-order valence-corrected chi connectivity index (χ0v) is 18.9. The van der Waals surface area contributed by atoms with E-state index in [1.807, 2.05) is 13.8 Å². The van der Waals surface area contributed by atoms with Crippen LogP contribution in [0.2, 0.25) is 0 Å². The molecule has 2 aromatic carbocycles. The van der Waals surface area contributed by atoms with Crippen molar-refractivity contribution in [3.05, 3.63) is 82.8 Å². The zero-order valence-electron chi connectivity index (χ0n) is 18.9. The Hall–Kier alpha value is -4.00. The first kappa shape index (κ1) is 22.2.